The molecule has 1 atom stereocenters. The van der Waals surface area contributed by atoms with E-state index in [0.717, 1.165) is 17.7 Å². The van der Waals surface area contributed by atoms with Crippen LogP contribution in [0.3, 0.4) is 0 Å². The van der Waals surface area contributed by atoms with E-state index in [1.807, 2.05) is 6.07 Å². The molecule has 3 rings (SSSR count). The Morgan fingerprint density at radius 2 is 2.07 bits per heavy atom. The highest BCUT2D eigenvalue weighted by atomic mass is 35.5. The number of methoxy groups -OCH3 is 1. The highest BCUT2D eigenvalue weighted by Crippen LogP contribution is 2.28. The lowest BCUT2D eigenvalue weighted by Gasteiger charge is -2.14. The number of carbonyl (C=O) groups excluding carboxylic acids is 2. The predicted molar refractivity (Wildman–Crippen MR) is 100 cm³/mol. The molecule has 0 bridgehead atoms. The maximum Gasteiger partial charge on any atom is 0.313 e. The lowest BCUT2D eigenvalue weighted by molar-refractivity contribution is -0.136. The fourth-order valence-electron chi connectivity index (χ4n) is 2.76. The zero-order valence-electron chi connectivity index (χ0n) is 14.6. The van der Waals surface area contributed by atoms with Gasteiger partial charge in [0.05, 0.1) is 25.5 Å². The first-order valence-electron chi connectivity index (χ1n) is 8.34. The summed E-state index contributed by atoms with van der Waals surface area (Å²) in [5.41, 5.74) is 1.95. The van der Waals surface area contributed by atoms with Crippen LogP contribution in [0.25, 0.3) is 0 Å². The number of anilines is 1. The molecule has 2 amide bonds. The number of hydrogen-bond acceptors (Lipinski definition) is 5. The van der Waals surface area contributed by atoms with Crippen LogP contribution in [-0.4, -0.2) is 37.2 Å². The van der Waals surface area contributed by atoms with Gasteiger partial charge in [-0.05, 0) is 41.5 Å². The SMILES string of the molecule is COc1ccc(Cl)cc1NC(=O)C(=O)NCC(O)c1ccc2c(c1)CCO2. The summed E-state index contributed by atoms with van der Waals surface area (Å²) >= 11 is 5.90. The molecule has 2 aromatic rings. The van der Waals surface area contributed by atoms with E-state index in [4.69, 9.17) is 21.1 Å². The van der Waals surface area contributed by atoms with E-state index < -0.39 is 17.9 Å². The minimum atomic E-state index is -0.937. The van der Waals surface area contributed by atoms with E-state index in [9.17, 15) is 14.7 Å². The van der Waals surface area contributed by atoms with E-state index in [1.165, 1.54) is 13.2 Å². The fourth-order valence-corrected chi connectivity index (χ4v) is 2.93. The summed E-state index contributed by atoms with van der Waals surface area (Å²) in [6, 6.07) is 10.0. The van der Waals surface area contributed by atoms with Crippen molar-refractivity contribution in [3.05, 3.63) is 52.5 Å². The molecule has 27 heavy (non-hydrogen) atoms. The van der Waals surface area contributed by atoms with Crippen molar-refractivity contribution in [1.82, 2.24) is 5.32 Å². The minimum Gasteiger partial charge on any atom is -0.495 e. The summed E-state index contributed by atoms with van der Waals surface area (Å²) in [5.74, 6) is -0.573. The van der Waals surface area contributed by atoms with Gasteiger partial charge in [-0.15, -0.1) is 0 Å². The van der Waals surface area contributed by atoms with Gasteiger partial charge in [0, 0.05) is 18.0 Å². The normalized spacial score (nSPS) is 13.3. The topological polar surface area (TPSA) is 96.9 Å². The van der Waals surface area contributed by atoms with Crippen LogP contribution < -0.4 is 20.1 Å². The van der Waals surface area contributed by atoms with Crippen molar-refractivity contribution in [3.63, 3.8) is 0 Å². The number of nitrogens with one attached hydrogen (secondary N) is 2. The molecule has 1 heterocycles. The Hall–Kier alpha value is -2.77. The largest absolute Gasteiger partial charge is 0.495 e. The number of amides is 2. The smallest absolute Gasteiger partial charge is 0.313 e. The first-order chi connectivity index (χ1) is 13.0. The van der Waals surface area contributed by atoms with Crippen LogP contribution in [0.5, 0.6) is 11.5 Å². The van der Waals surface area contributed by atoms with Crippen molar-refractivity contribution in [2.45, 2.75) is 12.5 Å². The van der Waals surface area contributed by atoms with E-state index in [0.29, 0.717) is 22.9 Å². The lowest BCUT2D eigenvalue weighted by Crippen LogP contribution is -2.37. The molecule has 2 aromatic carbocycles. The van der Waals surface area contributed by atoms with Gasteiger partial charge in [0.25, 0.3) is 0 Å². The van der Waals surface area contributed by atoms with Crippen LogP contribution in [0.2, 0.25) is 5.02 Å². The molecule has 1 aliphatic rings. The van der Waals surface area contributed by atoms with Crippen molar-refractivity contribution in [2.75, 3.05) is 25.6 Å². The molecule has 0 aliphatic carbocycles. The minimum absolute atomic E-state index is 0.0986. The zero-order chi connectivity index (χ0) is 19.4. The van der Waals surface area contributed by atoms with Gasteiger partial charge in [-0.2, -0.15) is 0 Å². The molecular formula is C19H19ClN2O5. The van der Waals surface area contributed by atoms with Crippen molar-refractivity contribution in [1.29, 1.82) is 0 Å². The van der Waals surface area contributed by atoms with Crippen LogP contribution in [0.15, 0.2) is 36.4 Å². The van der Waals surface area contributed by atoms with Gasteiger partial charge in [-0.25, -0.2) is 0 Å². The molecule has 142 valence electrons. The summed E-state index contributed by atoms with van der Waals surface area (Å²) in [5, 5.41) is 15.5. The maximum atomic E-state index is 12.1. The van der Waals surface area contributed by atoms with Crippen molar-refractivity contribution in [2.24, 2.45) is 0 Å². The van der Waals surface area contributed by atoms with Crippen LogP contribution in [0, 0.1) is 0 Å². The van der Waals surface area contributed by atoms with Crippen molar-refractivity contribution < 1.29 is 24.2 Å². The average Bonchev–Trinajstić information content (AvgIpc) is 3.13. The van der Waals surface area contributed by atoms with Gasteiger partial charge in [-0.1, -0.05) is 17.7 Å². The van der Waals surface area contributed by atoms with E-state index in [-0.39, 0.29) is 12.2 Å². The van der Waals surface area contributed by atoms with Gasteiger partial charge in [0.1, 0.15) is 11.5 Å². The predicted octanol–water partition coefficient (Wildman–Crippen LogP) is 2.07. The Morgan fingerprint density at radius 1 is 1.26 bits per heavy atom. The molecule has 0 fully saturated rings. The quantitative estimate of drug-likeness (QED) is 0.679. The molecule has 8 heteroatoms. The average molecular weight is 391 g/mol. The van der Waals surface area contributed by atoms with Crippen molar-refractivity contribution in [3.8, 4) is 11.5 Å². The number of ether oxygens (including phenoxy) is 2. The summed E-state index contributed by atoms with van der Waals surface area (Å²) < 4.78 is 10.5. The Labute approximate surface area is 161 Å². The van der Waals surface area contributed by atoms with Gasteiger partial charge in [0.2, 0.25) is 0 Å². The first-order valence-corrected chi connectivity index (χ1v) is 8.72. The number of aliphatic hydroxyl groups excluding tert-OH is 1. The number of rotatable bonds is 5. The highest BCUT2D eigenvalue weighted by molar-refractivity contribution is 6.40. The molecule has 0 aromatic heterocycles. The Balaban J connectivity index is 1.57. The van der Waals surface area contributed by atoms with Gasteiger partial charge < -0.3 is 25.2 Å². The van der Waals surface area contributed by atoms with Gasteiger partial charge >= 0.3 is 11.8 Å². The summed E-state index contributed by atoms with van der Waals surface area (Å²) in [6.07, 6.45) is -0.153. The fraction of sp³-hybridized carbons (Fsp3) is 0.263. The third-order valence-electron chi connectivity index (χ3n) is 4.17. The molecule has 1 aliphatic heterocycles. The van der Waals surface area contributed by atoms with E-state index in [2.05, 4.69) is 10.6 Å². The van der Waals surface area contributed by atoms with E-state index in [1.54, 1.807) is 24.3 Å². The van der Waals surface area contributed by atoms with Crippen LogP contribution in [0.1, 0.15) is 17.2 Å². The van der Waals surface area contributed by atoms with Crippen LogP contribution in [-0.2, 0) is 16.0 Å². The van der Waals surface area contributed by atoms with Gasteiger partial charge in [0.15, 0.2) is 0 Å². The van der Waals surface area contributed by atoms with Crippen LogP contribution >= 0.6 is 11.6 Å². The number of fused-ring (bicyclic) bond motifs is 1. The molecular weight excluding hydrogens is 372 g/mol. The molecule has 1 unspecified atom stereocenters. The zero-order valence-corrected chi connectivity index (χ0v) is 15.4. The lowest BCUT2D eigenvalue weighted by atomic mass is 10.0. The van der Waals surface area contributed by atoms with Gasteiger partial charge in [-0.3, -0.25) is 9.59 Å². The van der Waals surface area contributed by atoms with E-state index >= 15 is 0 Å². The number of aliphatic hydroxyl groups is 1. The molecule has 7 nitrogen and oxygen atoms in total. The summed E-state index contributed by atoms with van der Waals surface area (Å²) in [7, 11) is 1.44. The Bertz CT molecular complexity index is 871. The highest BCUT2D eigenvalue weighted by Gasteiger charge is 2.19. The second kappa shape index (κ2) is 8.28. The Kier molecular flexibility index (Phi) is 5.83. The van der Waals surface area contributed by atoms with Crippen molar-refractivity contribution >= 4 is 29.1 Å². The monoisotopic (exact) mass is 390 g/mol. The standard InChI is InChI=1S/C19H19ClN2O5/c1-26-17-5-3-13(20)9-14(17)22-19(25)18(24)21-10-15(23)11-2-4-16-12(8-11)6-7-27-16/h2-5,8-9,15,23H,6-7,10H2,1H3,(H,21,24)(H,22,25). The number of benzene rings is 2. The number of hydrogen-bond donors (Lipinski definition) is 3. The first kappa shape index (κ1) is 19.0. The maximum absolute atomic E-state index is 12.1. The molecule has 0 radical (unpaired) electrons. The molecule has 0 spiro atoms. The molecule has 0 saturated heterocycles. The number of carbonyl (C=O) groups is 2. The van der Waals surface area contributed by atoms with Crippen LogP contribution in [0.4, 0.5) is 5.69 Å². The Morgan fingerprint density at radius 3 is 2.85 bits per heavy atom. The third-order valence-corrected chi connectivity index (χ3v) is 4.41. The molecule has 0 saturated carbocycles. The summed E-state index contributed by atoms with van der Waals surface area (Å²) in [4.78, 5) is 24.1. The summed E-state index contributed by atoms with van der Waals surface area (Å²) in [6.45, 7) is 0.525. The molecule has 3 N–H and O–H groups in total. The second-order valence-corrected chi connectivity index (χ2v) is 6.43. The third kappa shape index (κ3) is 4.50. The second-order valence-electron chi connectivity index (χ2n) is 5.99. The number of halogens is 1.